The van der Waals surface area contributed by atoms with E-state index in [1.165, 1.54) is 45.1 Å². The van der Waals surface area contributed by atoms with Gasteiger partial charge < -0.3 is 44.1 Å². The van der Waals surface area contributed by atoms with Gasteiger partial charge in [0.2, 0.25) is 0 Å². The number of aliphatic hydroxyl groups excluding tert-OH is 1. The summed E-state index contributed by atoms with van der Waals surface area (Å²) in [6.45, 7) is 17.6. The predicted molar refractivity (Wildman–Crippen MR) is 171 cm³/mol. The van der Waals surface area contributed by atoms with Crippen LogP contribution in [0, 0.1) is 0 Å². The van der Waals surface area contributed by atoms with Gasteiger partial charge in [0.15, 0.2) is 0 Å². The van der Waals surface area contributed by atoms with Gasteiger partial charge in [0.05, 0.1) is 25.9 Å². The van der Waals surface area contributed by atoms with Gasteiger partial charge in [-0.2, -0.15) is 0 Å². The lowest BCUT2D eigenvalue weighted by Gasteiger charge is -2.15. The van der Waals surface area contributed by atoms with Crippen LogP contribution in [0.25, 0.3) is 0 Å². The van der Waals surface area contributed by atoms with E-state index in [1.54, 1.807) is 27.7 Å². The van der Waals surface area contributed by atoms with E-state index in [1.807, 2.05) is 0 Å². The van der Waals surface area contributed by atoms with Crippen molar-refractivity contribution in [2.45, 2.75) is 86.0 Å². The Morgan fingerprint density at radius 1 is 0.625 bits per heavy atom. The zero-order valence-electron chi connectivity index (χ0n) is 28.6. The van der Waals surface area contributed by atoms with Crippen LogP contribution in [0.1, 0.15) is 67.7 Å². The third-order valence-electron chi connectivity index (χ3n) is 4.54. The molecule has 0 aliphatic carbocycles. The number of aliphatic hydroxyl groups is 1. The first-order chi connectivity index (χ1) is 21.9. The van der Waals surface area contributed by atoms with E-state index < -0.39 is 60.1 Å². The van der Waals surface area contributed by atoms with Crippen LogP contribution in [0.4, 0.5) is 0 Å². The average molecular weight is 691 g/mol. The molecule has 0 fully saturated rings. The smallest absolute Gasteiger partial charge is 0.333 e. The Hall–Kier alpha value is -4.83. The lowest BCUT2D eigenvalue weighted by molar-refractivity contribution is -0.159. The first kappa shape index (κ1) is 50.0. The molecule has 4 N–H and O–H groups in total. The van der Waals surface area contributed by atoms with Crippen LogP contribution < -0.4 is 0 Å². The molecule has 3 unspecified atom stereocenters. The Balaban J connectivity index is -0.000000362. The molecule has 0 amide bonds. The van der Waals surface area contributed by atoms with Crippen molar-refractivity contribution in [1.82, 2.24) is 0 Å². The highest BCUT2D eigenvalue weighted by atomic mass is 16.6. The van der Waals surface area contributed by atoms with Crippen LogP contribution in [-0.2, 0) is 62.0 Å². The molecule has 0 aliphatic rings. The average Bonchev–Trinajstić information content (AvgIpc) is 2.93. The fraction of sp³-hybridized carbons (Fsp3) is 0.531. The molecule has 0 bridgehead atoms. The molecule has 48 heavy (non-hydrogen) atoms. The van der Waals surface area contributed by atoms with Crippen LogP contribution in [0.5, 0.6) is 0 Å². The Morgan fingerprint density at radius 3 is 1.40 bits per heavy atom. The monoisotopic (exact) mass is 690 g/mol. The molecule has 0 radical (unpaired) electrons. The number of carbonyl (C=O) groups is 7. The zero-order valence-corrected chi connectivity index (χ0v) is 28.6. The summed E-state index contributed by atoms with van der Waals surface area (Å²) in [7, 11) is 0. The molecule has 0 aromatic carbocycles. The molecule has 16 nitrogen and oxygen atoms in total. The highest BCUT2D eigenvalue weighted by Crippen LogP contribution is 2.06. The van der Waals surface area contributed by atoms with Crippen molar-refractivity contribution < 1.29 is 77.7 Å². The second kappa shape index (κ2) is 30.8. The van der Waals surface area contributed by atoms with E-state index in [9.17, 15) is 33.6 Å². The topological polar surface area (TPSA) is 247 Å². The highest BCUT2D eigenvalue weighted by molar-refractivity contribution is 5.87. The van der Waals surface area contributed by atoms with Crippen molar-refractivity contribution in [3.8, 4) is 0 Å². The lowest BCUT2D eigenvalue weighted by atomic mass is 10.2. The SMILES string of the molecule is C=C(C)C(=O)OCCO.C=C(C)C(=O)OCCOC(=O)CC(C)OC(=O)CC(C)OC(=O)C=CC.CC=CC(=O)OC(C)CC(=O)O.O. The number of carboxylic acids is 1. The van der Waals surface area contributed by atoms with E-state index in [0.717, 1.165) is 0 Å². The van der Waals surface area contributed by atoms with E-state index in [-0.39, 0.29) is 56.7 Å². The first-order valence-electron chi connectivity index (χ1n) is 14.4. The summed E-state index contributed by atoms with van der Waals surface area (Å²) in [4.78, 5) is 77.1. The largest absolute Gasteiger partial charge is 0.481 e. The Morgan fingerprint density at radius 2 is 1.00 bits per heavy atom. The molecule has 0 aliphatic heterocycles. The normalized spacial score (nSPS) is 11.8. The second-order valence-electron chi connectivity index (χ2n) is 9.58. The van der Waals surface area contributed by atoms with Gasteiger partial charge in [0, 0.05) is 23.3 Å². The maximum absolute atomic E-state index is 11.7. The van der Waals surface area contributed by atoms with Crippen LogP contribution in [-0.4, -0.2) is 102 Å². The number of esters is 6. The van der Waals surface area contributed by atoms with Crippen LogP contribution in [0.3, 0.4) is 0 Å². The summed E-state index contributed by atoms with van der Waals surface area (Å²) in [5, 5.41) is 16.5. The summed E-state index contributed by atoms with van der Waals surface area (Å²) >= 11 is 0. The summed E-state index contributed by atoms with van der Waals surface area (Å²) in [6.07, 6.45) is 3.20. The first-order valence-corrected chi connectivity index (χ1v) is 14.4. The lowest BCUT2D eigenvalue weighted by Crippen LogP contribution is -2.24. The molecule has 0 spiro atoms. The van der Waals surface area contributed by atoms with Crippen molar-refractivity contribution in [1.29, 1.82) is 0 Å². The van der Waals surface area contributed by atoms with Crippen molar-refractivity contribution in [3.63, 3.8) is 0 Å². The summed E-state index contributed by atoms with van der Waals surface area (Å²) in [5.74, 6) is -4.24. The standard InChI is InChI=1S/C18H26O8.C8H12O4.C6H10O3.H2O/c1-6-7-15(19)25-14(5)11-17(21)26-13(4)10-16(20)23-8-9-24-18(22)12(2)3;1-3-4-8(11)12-6(2)5-7(9)10;1-5(2)6(8)9-4-3-7;/h6-7,13-14H,2,8-11H2,1,3-5H3;3-4,6H,5H2,1-2H3,(H,9,10);7H,1,3-4H2,2H3;1H2. The molecular formula is C32H50O16. The molecule has 0 saturated heterocycles. The Bertz CT molecular complexity index is 1110. The van der Waals surface area contributed by atoms with E-state index in [4.69, 9.17) is 33.9 Å². The maximum atomic E-state index is 11.7. The van der Waals surface area contributed by atoms with Gasteiger partial charge in [-0.1, -0.05) is 25.3 Å². The summed E-state index contributed by atoms with van der Waals surface area (Å²) in [5.41, 5.74) is 0.603. The molecule has 0 aromatic rings. The Labute approximate surface area is 280 Å². The number of ether oxygens (including phenoxy) is 6. The van der Waals surface area contributed by atoms with Gasteiger partial charge in [-0.05, 0) is 48.5 Å². The van der Waals surface area contributed by atoms with E-state index >= 15 is 0 Å². The van der Waals surface area contributed by atoms with Crippen LogP contribution >= 0.6 is 0 Å². The molecule has 0 rings (SSSR count). The number of carbonyl (C=O) groups excluding carboxylic acids is 6. The van der Waals surface area contributed by atoms with Gasteiger partial charge in [0.1, 0.15) is 38.1 Å². The van der Waals surface area contributed by atoms with Crippen LogP contribution in [0.2, 0.25) is 0 Å². The van der Waals surface area contributed by atoms with Crippen molar-refractivity contribution in [2.75, 3.05) is 26.4 Å². The summed E-state index contributed by atoms with van der Waals surface area (Å²) < 4.78 is 28.8. The highest BCUT2D eigenvalue weighted by Gasteiger charge is 2.19. The molecule has 16 heteroatoms. The van der Waals surface area contributed by atoms with Crippen molar-refractivity contribution >= 4 is 41.8 Å². The molecule has 3 atom stereocenters. The number of rotatable bonds is 18. The fourth-order valence-electron chi connectivity index (χ4n) is 2.59. The molecule has 274 valence electrons. The minimum atomic E-state index is -0.976. The third-order valence-corrected chi connectivity index (χ3v) is 4.54. The number of hydrogen-bond acceptors (Lipinski definition) is 14. The predicted octanol–water partition coefficient (Wildman–Crippen LogP) is 2.11. The van der Waals surface area contributed by atoms with Crippen LogP contribution in [0.15, 0.2) is 48.6 Å². The van der Waals surface area contributed by atoms with Crippen molar-refractivity contribution in [3.05, 3.63) is 48.6 Å². The van der Waals surface area contributed by atoms with E-state index in [2.05, 4.69) is 17.9 Å². The number of carboxylic acid groups (broad SMARTS) is 1. The van der Waals surface area contributed by atoms with Gasteiger partial charge in [0.25, 0.3) is 0 Å². The number of allylic oxidation sites excluding steroid dienone is 2. The molecular weight excluding hydrogens is 640 g/mol. The minimum Gasteiger partial charge on any atom is -0.481 e. The molecule has 0 saturated carbocycles. The molecule has 0 heterocycles. The number of hydrogen-bond donors (Lipinski definition) is 2. The second-order valence-corrected chi connectivity index (χ2v) is 9.58. The number of aliphatic carboxylic acids is 1. The van der Waals surface area contributed by atoms with Gasteiger partial charge in [-0.3, -0.25) is 14.4 Å². The third kappa shape index (κ3) is 34.1. The maximum Gasteiger partial charge on any atom is 0.333 e. The van der Waals surface area contributed by atoms with E-state index in [0.29, 0.717) is 5.57 Å². The fourth-order valence-corrected chi connectivity index (χ4v) is 2.59. The summed E-state index contributed by atoms with van der Waals surface area (Å²) in [6, 6.07) is 0. The van der Waals surface area contributed by atoms with Gasteiger partial charge in [-0.25, -0.2) is 19.2 Å². The Kier molecular flexibility index (Phi) is 32.1. The minimum absolute atomic E-state index is 0. The van der Waals surface area contributed by atoms with Crippen molar-refractivity contribution in [2.24, 2.45) is 0 Å². The molecule has 0 aromatic heterocycles. The quantitative estimate of drug-likeness (QED) is 0.0905. The van der Waals surface area contributed by atoms with Gasteiger partial charge >= 0.3 is 41.8 Å². The zero-order chi connectivity index (χ0) is 36.9. The van der Waals surface area contributed by atoms with Gasteiger partial charge in [-0.15, -0.1) is 0 Å².